The van der Waals surface area contributed by atoms with Crippen molar-refractivity contribution in [2.24, 2.45) is 0 Å². The Hall–Kier alpha value is -1.56. The first kappa shape index (κ1) is 17.8. The number of aryl methyl sites for hydroxylation is 1. The molecule has 0 saturated heterocycles. The molecule has 1 atom stereocenters. The van der Waals surface area contributed by atoms with Crippen LogP contribution in [0.1, 0.15) is 18.4 Å². The number of nitriles is 1. The summed E-state index contributed by atoms with van der Waals surface area (Å²) in [5.74, 6) is 0.213. The van der Waals surface area contributed by atoms with Gasteiger partial charge in [0.15, 0.2) is 4.34 Å². The van der Waals surface area contributed by atoms with E-state index >= 15 is 0 Å². The Balaban J connectivity index is 1.93. The summed E-state index contributed by atoms with van der Waals surface area (Å²) in [6, 6.07) is 9.80. The van der Waals surface area contributed by atoms with Crippen molar-refractivity contribution >= 4 is 46.5 Å². The third-order valence-electron chi connectivity index (χ3n) is 2.70. The zero-order valence-corrected chi connectivity index (χ0v) is 15.2. The summed E-state index contributed by atoms with van der Waals surface area (Å²) in [7, 11) is 0. The number of thioether (sulfide) groups is 2. The molecule has 0 aliphatic carbocycles. The number of aromatic nitrogens is 2. The fourth-order valence-corrected chi connectivity index (χ4v) is 4.32. The van der Waals surface area contributed by atoms with Crippen LogP contribution in [-0.4, -0.2) is 27.1 Å². The van der Waals surface area contributed by atoms with E-state index in [1.54, 1.807) is 11.8 Å². The van der Waals surface area contributed by atoms with Crippen LogP contribution >= 0.6 is 34.9 Å². The average Bonchev–Trinajstić information content (AvgIpc) is 2.93. The first-order valence-electron chi connectivity index (χ1n) is 6.94. The monoisotopic (exact) mass is 364 g/mol. The Morgan fingerprint density at radius 1 is 1.43 bits per heavy atom. The van der Waals surface area contributed by atoms with Crippen molar-refractivity contribution in [2.75, 3.05) is 11.1 Å². The van der Waals surface area contributed by atoms with E-state index in [0.29, 0.717) is 12.2 Å². The van der Waals surface area contributed by atoms with Gasteiger partial charge in [-0.25, -0.2) is 0 Å². The number of nitrogens with one attached hydrogen (secondary N) is 1. The van der Waals surface area contributed by atoms with Gasteiger partial charge in [-0.15, -0.1) is 22.0 Å². The maximum atomic E-state index is 12.1. The van der Waals surface area contributed by atoms with E-state index in [-0.39, 0.29) is 11.2 Å². The molecule has 0 saturated carbocycles. The second-order valence-electron chi connectivity index (χ2n) is 4.71. The highest BCUT2D eigenvalue weighted by molar-refractivity contribution is 8.01. The van der Waals surface area contributed by atoms with Crippen molar-refractivity contribution in [1.82, 2.24) is 10.2 Å². The molecule has 1 aromatic carbocycles. The molecule has 0 radical (unpaired) electrons. The highest BCUT2D eigenvalue weighted by atomic mass is 32.2. The molecule has 0 aliphatic rings. The number of hydrogen-bond donors (Lipinski definition) is 1. The van der Waals surface area contributed by atoms with E-state index in [2.05, 4.69) is 21.6 Å². The third kappa shape index (κ3) is 5.86. The zero-order valence-electron chi connectivity index (χ0n) is 12.8. The van der Waals surface area contributed by atoms with Gasteiger partial charge >= 0.3 is 0 Å². The molecule has 1 amide bonds. The summed E-state index contributed by atoms with van der Waals surface area (Å²) in [6.45, 7) is 3.89. The molecule has 1 aromatic heterocycles. The molecular weight excluding hydrogens is 348 g/mol. The Kier molecular flexibility index (Phi) is 6.89. The van der Waals surface area contributed by atoms with Crippen LogP contribution in [0.25, 0.3) is 0 Å². The second kappa shape index (κ2) is 8.91. The van der Waals surface area contributed by atoms with Crippen LogP contribution in [0.5, 0.6) is 0 Å². The predicted molar refractivity (Wildman–Crippen MR) is 96.0 cm³/mol. The lowest BCUT2D eigenvalue weighted by Crippen LogP contribution is -2.14. The van der Waals surface area contributed by atoms with Gasteiger partial charge in [-0.05, 0) is 19.1 Å². The van der Waals surface area contributed by atoms with Gasteiger partial charge in [-0.2, -0.15) is 5.26 Å². The van der Waals surface area contributed by atoms with Crippen LogP contribution in [0.4, 0.5) is 5.69 Å². The van der Waals surface area contributed by atoms with Gasteiger partial charge in [0, 0.05) is 16.6 Å². The van der Waals surface area contributed by atoms with E-state index in [4.69, 9.17) is 5.26 Å². The summed E-state index contributed by atoms with van der Waals surface area (Å²) in [4.78, 5) is 13.1. The minimum Gasteiger partial charge on any atom is -0.324 e. The lowest BCUT2D eigenvalue weighted by Gasteiger charge is -2.13. The Labute approximate surface area is 147 Å². The normalized spacial score (nSPS) is 11.7. The zero-order chi connectivity index (χ0) is 16.7. The molecule has 0 fully saturated rings. The molecule has 2 rings (SSSR count). The number of rotatable bonds is 7. The smallest absolute Gasteiger partial charge is 0.234 e. The van der Waals surface area contributed by atoms with E-state index in [9.17, 15) is 4.79 Å². The molecule has 1 N–H and O–H groups in total. The van der Waals surface area contributed by atoms with Crippen molar-refractivity contribution in [3.8, 4) is 6.07 Å². The Morgan fingerprint density at radius 2 is 2.22 bits per heavy atom. The third-order valence-corrected chi connectivity index (χ3v) is 5.85. The number of carbonyl (C=O) groups excluding carboxylic acids is 1. The Morgan fingerprint density at radius 3 is 2.91 bits per heavy atom. The van der Waals surface area contributed by atoms with Gasteiger partial charge in [0.1, 0.15) is 5.01 Å². The lowest BCUT2D eigenvalue weighted by atomic mass is 10.3. The lowest BCUT2D eigenvalue weighted by molar-refractivity contribution is -0.113. The first-order chi connectivity index (χ1) is 11.1. The van der Waals surface area contributed by atoms with Crippen LogP contribution in [0.15, 0.2) is 33.5 Å². The van der Waals surface area contributed by atoms with Gasteiger partial charge in [0.2, 0.25) is 5.91 Å². The van der Waals surface area contributed by atoms with Crippen molar-refractivity contribution in [2.45, 2.75) is 34.8 Å². The number of para-hydroxylation sites is 1. The topological polar surface area (TPSA) is 78.7 Å². The molecule has 0 unspecified atom stereocenters. The molecule has 0 aliphatic heterocycles. The molecule has 8 heteroatoms. The number of amides is 1. The molecule has 120 valence electrons. The van der Waals surface area contributed by atoms with Crippen LogP contribution in [0.3, 0.4) is 0 Å². The van der Waals surface area contributed by atoms with Crippen LogP contribution < -0.4 is 5.32 Å². The molecule has 23 heavy (non-hydrogen) atoms. The van der Waals surface area contributed by atoms with E-state index in [0.717, 1.165) is 19.9 Å². The minimum atomic E-state index is -0.0798. The number of hydrogen-bond acceptors (Lipinski definition) is 7. The standard InChI is InChI=1S/C15H16N4OS3/c1-10(7-8-16)22-13-6-4-3-5-12(13)17-14(20)9-21-15-19-18-11(2)23-15/h3-6,10H,7,9H2,1-2H3,(H,17,20)/t10-/m1/s1. The van der Waals surface area contributed by atoms with E-state index < -0.39 is 0 Å². The van der Waals surface area contributed by atoms with Crippen molar-refractivity contribution in [1.29, 1.82) is 5.26 Å². The van der Waals surface area contributed by atoms with Crippen LogP contribution in [-0.2, 0) is 4.79 Å². The minimum absolute atomic E-state index is 0.0798. The Bertz CT molecular complexity index is 711. The largest absolute Gasteiger partial charge is 0.324 e. The fourth-order valence-electron chi connectivity index (χ4n) is 1.71. The maximum absolute atomic E-state index is 12.1. The summed E-state index contributed by atoms with van der Waals surface area (Å²) in [6.07, 6.45) is 0.471. The summed E-state index contributed by atoms with van der Waals surface area (Å²) >= 11 is 4.45. The van der Waals surface area contributed by atoms with Gasteiger partial charge < -0.3 is 5.32 Å². The maximum Gasteiger partial charge on any atom is 0.234 e. The van der Waals surface area contributed by atoms with Gasteiger partial charge in [-0.3, -0.25) is 4.79 Å². The first-order valence-corrected chi connectivity index (χ1v) is 9.62. The number of benzene rings is 1. The quantitative estimate of drug-likeness (QED) is 0.749. The van der Waals surface area contributed by atoms with Crippen LogP contribution in [0, 0.1) is 18.3 Å². The average molecular weight is 365 g/mol. The fraction of sp³-hybridized carbons (Fsp3) is 0.333. The number of nitrogens with zero attached hydrogens (tertiary/aromatic N) is 3. The highest BCUT2D eigenvalue weighted by Gasteiger charge is 2.11. The highest BCUT2D eigenvalue weighted by Crippen LogP contribution is 2.31. The predicted octanol–water partition coefficient (Wildman–Crippen LogP) is 3.97. The second-order valence-corrected chi connectivity index (χ2v) is 8.60. The van der Waals surface area contributed by atoms with E-state index in [1.807, 2.05) is 38.1 Å². The molecule has 5 nitrogen and oxygen atoms in total. The van der Waals surface area contributed by atoms with Gasteiger partial charge in [-0.1, -0.05) is 42.2 Å². The number of carbonyl (C=O) groups is 1. The SMILES string of the molecule is Cc1nnc(SCC(=O)Nc2ccccc2S[C@H](C)CC#N)s1. The summed E-state index contributed by atoms with van der Waals surface area (Å²) < 4.78 is 0.794. The van der Waals surface area contributed by atoms with Crippen molar-refractivity contribution in [3.05, 3.63) is 29.3 Å². The van der Waals surface area contributed by atoms with Crippen molar-refractivity contribution in [3.63, 3.8) is 0 Å². The van der Waals surface area contributed by atoms with E-state index in [1.165, 1.54) is 23.1 Å². The molecule has 1 heterocycles. The van der Waals surface area contributed by atoms with Gasteiger partial charge in [0.25, 0.3) is 0 Å². The number of anilines is 1. The van der Waals surface area contributed by atoms with Crippen LogP contribution in [0.2, 0.25) is 0 Å². The van der Waals surface area contributed by atoms with Gasteiger partial charge in [0.05, 0.1) is 17.5 Å². The summed E-state index contributed by atoms with van der Waals surface area (Å²) in [5, 5.41) is 20.7. The van der Waals surface area contributed by atoms with Crippen molar-refractivity contribution < 1.29 is 4.79 Å². The molecule has 2 aromatic rings. The molecule has 0 spiro atoms. The molecule has 0 bridgehead atoms. The molecular formula is C15H16N4OS3. The summed E-state index contributed by atoms with van der Waals surface area (Å²) in [5.41, 5.74) is 0.779.